The van der Waals surface area contributed by atoms with Gasteiger partial charge in [-0.1, -0.05) is 18.2 Å². The van der Waals surface area contributed by atoms with E-state index in [1.165, 1.54) is 17.7 Å². The van der Waals surface area contributed by atoms with Crippen LogP contribution in [0.3, 0.4) is 0 Å². The summed E-state index contributed by atoms with van der Waals surface area (Å²) in [5.74, 6) is -0.714. The molecule has 0 bridgehead atoms. The minimum atomic E-state index is -0.538. The number of pyridine rings is 1. The van der Waals surface area contributed by atoms with Crippen LogP contribution in [-0.4, -0.2) is 56.6 Å². The molecule has 2 amide bonds. The van der Waals surface area contributed by atoms with Gasteiger partial charge in [0.15, 0.2) is 0 Å². The van der Waals surface area contributed by atoms with Crippen molar-refractivity contribution in [3.8, 4) is 16.8 Å². The van der Waals surface area contributed by atoms with Crippen molar-refractivity contribution in [3.63, 3.8) is 0 Å². The maximum atomic E-state index is 14.4. The van der Waals surface area contributed by atoms with E-state index in [2.05, 4.69) is 23.2 Å². The Labute approximate surface area is 234 Å². The Hall–Kier alpha value is -4.20. The van der Waals surface area contributed by atoms with Crippen molar-refractivity contribution in [2.45, 2.75) is 59.2 Å². The van der Waals surface area contributed by atoms with Crippen LogP contribution >= 0.6 is 0 Å². The first-order valence-electron chi connectivity index (χ1n) is 13.5. The number of nitrogens with zero attached hydrogens (tertiary/aromatic N) is 4. The van der Waals surface area contributed by atoms with Crippen LogP contribution in [0.1, 0.15) is 56.1 Å². The maximum absolute atomic E-state index is 14.4. The highest BCUT2D eigenvalue weighted by Gasteiger charge is 2.27. The van der Waals surface area contributed by atoms with Crippen molar-refractivity contribution in [1.29, 1.82) is 0 Å². The first-order valence-corrected chi connectivity index (χ1v) is 13.5. The second kappa shape index (κ2) is 10.4. The molecule has 3 heterocycles. The van der Waals surface area contributed by atoms with Crippen molar-refractivity contribution in [3.05, 3.63) is 83.6 Å². The van der Waals surface area contributed by atoms with Crippen LogP contribution < -0.4 is 0 Å². The zero-order valence-electron chi connectivity index (χ0n) is 23.9. The molecule has 0 radical (unpaired) electrons. The second-order valence-corrected chi connectivity index (χ2v) is 11.6. The molecule has 0 N–H and O–H groups in total. The molecule has 1 aliphatic rings. The summed E-state index contributed by atoms with van der Waals surface area (Å²) in [5.41, 5.74) is 5.44. The molecule has 7 nitrogen and oxygen atoms in total. The predicted octanol–water partition coefficient (Wildman–Crippen LogP) is 6.61. The van der Waals surface area contributed by atoms with Crippen LogP contribution in [0.15, 0.2) is 61.1 Å². The average Bonchev–Trinajstić information content (AvgIpc) is 3.30. The van der Waals surface area contributed by atoms with Gasteiger partial charge in [0.2, 0.25) is 0 Å². The van der Waals surface area contributed by atoms with Crippen LogP contribution in [0.25, 0.3) is 27.7 Å². The molecule has 2 aromatic carbocycles. The van der Waals surface area contributed by atoms with E-state index in [1.807, 2.05) is 51.4 Å². The number of benzene rings is 2. The SMILES string of the molecule is CC(C)N(C)C(=O)c1cc(F)ccc1-n1cc(-c2ccc3c(c2)CCN(C(=O)OC(C)(C)C)C3)c2ccncc21. The Balaban J connectivity index is 1.54. The summed E-state index contributed by atoms with van der Waals surface area (Å²) in [6, 6.07) is 12.5. The third kappa shape index (κ3) is 5.30. The van der Waals surface area contributed by atoms with Crippen LogP contribution in [0.2, 0.25) is 0 Å². The minimum absolute atomic E-state index is 0.0380. The molecule has 0 saturated carbocycles. The fourth-order valence-electron chi connectivity index (χ4n) is 5.02. The number of rotatable bonds is 4. The standard InChI is InChI=1S/C32H35FN4O3/c1-20(2)35(6)30(38)26-16-24(33)9-10-28(26)37-19-27(25-11-13-34-17-29(25)37)22-7-8-23-18-36(14-12-21(23)15-22)31(39)40-32(3,4)5/h7-11,13,15-17,19-20H,12,14,18H2,1-6H3. The van der Waals surface area contributed by atoms with E-state index < -0.39 is 11.4 Å². The summed E-state index contributed by atoms with van der Waals surface area (Å²) in [7, 11) is 1.72. The molecular formula is C32H35FN4O3. The molecule has 40 heavy (non-hydrogen) atoms. The van der Waals surface area contributed by atoms with Crippen molar-refractivity contribution < 1.29 is 18.7 Å². The van der Waals surface area contributed by atoms with Crippen molar-refractivity contribution in [2.75, 3.05) is 13.6 Å². The number of ether oxygens (including phenoxy) is 1. The lowest BCUT2D eigenvalue weighted by atomic mass is 9.94. The quantitative estimate of drug-likeness (QED) is 0.291. The van der Waals surface area contributed by atoms with E-state index in [4.69, 9.17) is 4.74 Å². The molecule has 0 fully saturated rings. The van der Waals surface area contributed by atoms with E-state index >= 15 is 0 Å². The molecule has 4 aromatic rings. The van der Waals surface area contributed by atoms with Crippen LogP contribution in [0.5, 0.6) is 0 Å². The Morgan fingerprint density at radius 2 is 1.85 bits per heavy atom. The number of carbonyl (C=O) groups is 2. The van der Waals surface area contributed by atoms with Gasteiger partial charge in [-0.2, -0.15) is 0 Å². The highest BCUT2D eigenvalue weighted by molar-refractivity contribution is 6.01. The normalized spacial score (nSPS) is 13.4. The highest BCUT2D eigenvalue weighted by Crippen LogP contribution is 2.35. The molecule has 1 aliphatic heterocycles. The molecule has 8 heteroatoms. The van der Waals surface area contributed by atoms with Gasteiger partial charge in [-0.15, -0.1) is 0 Å². The highest BCUT2D eigenvalue weighted by atomic mass is 19.1. The fourth-order valence-corrected chi connectivity index (χ4v) is 5.02. The van der Waals surface area contributed by atoms with Crippen LogP contribution in [0, 0.1) is 5.82 Å². The minimum Gasteiger partial charge on any atom is -0.444 e. The molecule has 0 aliphatic carbocycles. The van der Waals surface area contributed by atoms with Gasteiger partial charge in [-0.25, -0.2) is 9.18 Å². The summed E-state index contributed by atoms with van der Waals surface area (Å²) in [6.45, 7) is 10.5. The van der Waals surface area contributed by atoms with E-state index in [0.29, 0.717) is 18.8 Å². The maximum Gasteiger partial charge on any atom is 0.410 e. The number of fused-ring (bicyclic) bond motifs is 2. The predicted molar refractivity (Wildman–Crippen MR) is 154 cm³/mol. The van der Waals surface area contributed by atoms with Crippen molar-refractivity contribution >= 4 is 22.9 Å². The number of carbonyl (C=O) groups excluding carboxylic acids is 2. The van der Waals surface area contributed by atoms with Gasteiger partial charge in [0.25, 0.3) is 5.91 Å². The molecule has 0 saturated heterocycles. The Bertz CT molecular complexity index is 1600. The Kier molecular flexibility index (Phi) is 7.12. The van der Waals surface area contributed by atoms with Crippen LogP contribution in [-0.2, 0) is 17.7 Å². The van der Waals surface area contributed by atoms with Gasteiger partial charge in [0.05, 0.1) is 23.0 Å². The third-order valence-corrected chi connectivity index (χ3v) is 7.33. The first-order chi connectivity index (χ1) is 18.9. The lowest BCUT2D eigenvalue weighted by Crippen LogP contribution is -2.39. The van der Waals surface area contributed by atoms with Gasteiger partial charge in [-0.3, -0.25) is 9.78 Å². The van der Waals surface area contributed by atoms with E-state index in [9.17, 15) is 14.0 Å². The molecule has 0 atom stereocenters. The number of hydrogen-bond acceptors (Lipinski definition) is 4. The smallest absolute Gasteiger partial charge is 0.410 e. The summed E-state index contributed by atoms with van der Waals surface area (Å²) in [5, 5.41) is 0.973. The fraction of sp³-hybridized carbons (Fsp3) is 0.344. The molecule has 208 valence electrons. The largest absolute Gasteiger partial charge is 0.444 e. The second-order valence-electron chi connectivity index (χ2n) is 11.6. The monoisotopic (exact) mass is 542 g/mol. The lowest BCUT2D eigenvalue weighted by molar-refractivity contribution is 0.0224. The molecule has 2 aromatic heterocycles. The van der Waals surface area contributed by atoms with E-state index in [0.717, 1.165) is 34.0 Å². The van der Waals surface area contributed by atoms with Gasteiger partial charge >= 0.3 is 6.09 Å². The van der Waals surface area contributed by atoms with E-state index in [-0.39, 0.29) is 23.6 Å². The number of halogens is 1. The number of hydrogen-bond donors (Lipinski definition) is 0. The zero-order valence-corrected chi connectivity index (χ0v) is 23.9. The van der Waals surface area contributed by atoms with Crippen molar-refractivity contribution in [1.82, 2.24) is 19.4 Å². The molecule has 5 rings (SSSR count). The number of amides is 2. The third-order valence-electron chi connectivity index (χ3n) is 7.33. The van der Waals surface area contributed by atoms with Crippen molar-refractivity contribution in [2.24, 2.45) is 0 Å². The topological polar surface area (TPSA) is 67.7 Å². The first kappa shape index (κ1) is 27.4. The molecular weight excluding hydrogens is 507 g/mol. The average molecular weight is 543 g/mol. The van der Waals surface area contributed by atoms with Gasteiger partial charge < -0.3 is 19.1 Å². The number of aromatic nitrogens is 2. The lowest BCUT2D eigenvalue weighted by Gasteiger charge is -2.31. The van der Waals surface area contributed by atoms with Crippen LogP contribution in [0.4, 0.5) is 9.18 Å². The summed E-state index contributed by atoms with van der Waals surface area (Å²) in [4.78, 5) is 33.7. The summed E-state index contributed by atoms with van der Waals surface area (Å²) in [6.07, 6.45) is 5.92. The molecule has 0 unspecified atom stereocenters. The Morgan fingerprint density at radius 1 is 1.07 bits per heavy atom. The van der Waals surface area contributed by atoms with E-state index in [1.54, 1.807) is 35.3 Å². The molecule has 0 spiro atoms. The zero-order chi connectivity index (χ0) is 28.8. The summed E-state index contributed by atoms with van der Waals surface area (Å²) < 4.78 is 21.9. The van der Waals surface area contributed by atoms with Gasteiger partial charge in [0.1, 0.15) is 11.4 Å². The van der Waals surface area contributed by atoms with Gasteiger partial charge in [0, 0.05) is 49.5 Å². The Morgan fingerprint density at radius 3 is 2.58 bits per heavy atom. The van der Waals surface area contributed by atoms with Gasteiger partial charge in [-0.05, 0) is 82.0 Å². The summed E-state index contributed by atoms with van der Waals surface area (Å²) >= 11 is 0.